The summed E-state index contributed by atoms with van der Waals surface area (Å²) in [6.45, 7) is 10.1. The number of amides is 2. The third-order valence-electron chi connectivity index (χ3n) is 5.60. The number of carbonyl (C=O) groups excluding carboxylic acids is 1. The number of nitrogens with zero attached hydrogens (tertiary/aromatic N) is 3. The number of hydrogen-bond donors (Lipinski definition) is 1. The molecule has 0 unspecified atom stereocenters. The van der Waals surface area contributed by atoms with Gasteiger partial charge in [-0.2, -0.15) is 0 Å². The average Bonchev–Trinajstić information content (AvgIpc) is 2.68. The summed E-state index contributed by atoms with van der Waals surface area (Å²) in [5.74, 6) is 0. The lowest BCUT2D eigenvalue weighted by molar-refractivity contribution is 0.0385. The zero-order valence-electron chi connectivity index (χ0n) is 15.5. The summed E-state index contributed by atoms with van der Waals surface area (Å²) >= 11 is 0. The van der Waals surface area contributed by atoms with Crippen molar-refractivity contribution in [3.63, 3.8) is 0 Å². The first kappa shape index (κ1) is 18.7. The summed E-state index contributed by atoms with van der Waals surface area (Å²) in [6, 6.07) is 0.0999. The van der Waals surface area contributed by atoms with E-state index >= 15 is 0 Å². The Labute approximate surface area is 152 Å². The monoisotopic (exact) mass is 350 g/mol. The summed E-state index contributed by atoms with van der Waals surface area (Å²) in [4.78, 5) is 19.1. The molecule has 0 aromatic heterocycles. The molecule has 25 heavy (non-hydrogen) atoms. The van der Waals surface area contributed by atoms with Crippen LogP contribution in [0.15, 0.2) is 11.6 Å². The van der Waals surface area contributed by atoms with E-state index in [9.17, 15) is 4.79 Å². The van der Waals surface area contributed by atoms with Gasteiger partial charge >= 0.3 is 6.03 Å². The predicted molar refractivity (Wildman–Crippen MR) is 99.8 cm³/mol. The Hall–Kier alpha value is -1.11. The second-order valence-corrected chi connectivity index (χ2v) is 7.37. The van der Waals surface area contributed by atoms with Gasteiger partial charge in [-0.15, -0.1) is 0 Å². The van der Waals surface area contributed by atoms with E-state index in [1.165, 1.54) is 32.1 Å². The first-order valence-electron chi connectivity index (χ1n) is 10.0. The molecule has 0 atom stereocenters. The molecule has 142 valence electrons. The lowest BCUT2D eigenvalue weighted by Crippen LogP contribution is -2.52. The average molecular weight is 351 g/mol. The number of carbonyl (C=O) groups is 1. The maximum atomic E-state index is 12.3. The number of nitrogens with one attached hydrogen (secondary N) is 1. The van der Waals surface area contributed by atoms with Crippen molar-refractivity contribution < 1.29 is 9.53 Å². The van der Waals surface area contributed by atoms with Crippen molar-refractivity contribution in [2.75, 3.05) is 72.1 Å². The Morgan fingerprint density at radius 2 is 1.76 bits per heavy atom. The van der Waals surface area contributed by atoms with Gasteiger partial charge in [-0.25, -0.2) is 4.79 Å². The first-order valence-corrected chi connectivity index (χ1v) is 10.0. The normalized spacial score (nSPS) is 23.4. The molecule has 1 N–H and O–H groups in total. The molecule has 0 saturated carbocycles. The standard InChI is InChI=1S/C19H34N4O2/c24-19(20-7-9-22-14-16-25-17-15-22)23-12-10-21(11-13-23)8-6-18-4-2-1-3-5-18/h4H,1-3,5-17H2,(H,20,24). The lowest BCUT2D eigenvalue weighted by Gasteiger charge is -2.35. The van der Waals surface area contributed by atoms with Crippen molar-refractivity contribution in [1.29, 1.82) is 0 Å². The van der Waals surface area contributed by atoms with Crippen LogP contribution >= 0.6 is 0 Å². The zero-order valence-corrected chi connectivity index (χ0v) is 15.5. The third-order valence-corrected chi connectivity index (χ3v) is 5.60. The van der Waals surface area contributed by atoms with Crippen molar-refractivity contribution in [2.24, 2.45) is 0 Å². The molecule has 2 fully saturated rings. The molecule has 2 saturated heterocycles. The van der Waals surface area contributed by atoms with Crippen LogP contribution in [-0.2, 0) is 4.74 Å². The van der Waals surface area contributed by atoms with Crippen LogP contribution in [0.5, 0.6) is 0 Å². The number of rotatable bonds is 6. The van der Waals surface area contributed by atoms with E-state index in [4.69, 9.17) is 4.74 Å². The fourth-order valence-corrected chi connectivity index (χ4v) is 3.87. The Morgan fingerprint density at radius 3 is 2.48 bits per heavy atom. The fourth-order valence-electron chi connectivity index (χ4n) is 3.87. The zero-order chi connectivity index (χ0) is 17.3. The van der Waals surface area contributed by atoms with Crippen LogP contribution in [0, 0.1) is 0 Å². The van der Waals surface area contributed by atoms with E-state index in [0.717, 1.165) is 72.1 Å². The highest BCUT2D eigenvalue weighted by atomic mass is 16.5. The second-order valence-electron chi connectivity index (χ2n) is 7.37. The van der Waals surface area contributed by atoms with Gasteiger partial charge in [-0.3, -0.25) is 9.80 Å². The molecule has 2 aliphatic heterocycles. The highest BCUT2D eigenvalue weighted by Gasteiger charge is 2.21. The van der Waals surface area contributed by atoms with E-state index in [0.29, 0.717) is 0 Å². The van der Waals surface area contributed by atoms with Crippen LogP contribution in [-0.4, -0.2) is 92.8 Å². The highest BCUT2D eigenvalue weighted by Crippen LogP contribution is 2.20. The minimum Gasteiger partial charge on any atom is -0.379 e. The number of piperazine rings is 1. The SMILES string of the molecule is O=C(NCCN1CCOCC1)N1CCN(CCC2=CCCCC2)CC1. The summed E-state index contributed by atoms with van der Waals surface area (Å²) in [7, 11) is 0. The van der Waals surface area contributed by atoms with Crippen molar-refractivity contribution in [3.05, 3.63) is 11.6 Å². The summed E-state index contributed by atoms with van der Waals surface area (Å²) in [5.41, 5.74) is 1.65. The molecule has 2 amide bonds. The smallest absolute Gasteiger partial charge is 0.317 e. The minimum atomic E-state index is 0.0999. The van der Waals surface area contributed by atoms with Crippen LogP contribution in [0.3, 0.4) is 0 Å². The summed E-state index contributed by atoms with van der Waals surface area (Å²) in [6.07, 6.45) is 8.96. The van der Waals surface area contributed by atoms with Crippen molar-refractivity contribution in [2.45, 2.75) is 32.1 Å². The molecule has 0 aromatic rings. The molecule has 1 aliphatic carbocycles. The Bertz CT molecular complexity index is 441. The lowest BCUT2D eigenvalue weighted by atomic mass is 9.97. The number of allylic oxidation sites excluding steroid dienone is 1. The van der Waals surface area contributed by atoms with Crippen LogP contribution in [0.1, 0.15) is 32.1 Å². The van der Waals surface area contributed by atoms with Gasteiger partial charge in [0.15, 0.2) is 0 Å². The number of urea groups is 1. The molecular weight excluding hydrogens is 316 g/mol. The van der Waals surface area contributed by atoms with Gasteiger partial charge in [0.25, 0.3) is 0 Å². The molecule has 6 nitrogen and oxygen atoms in total. The number of hydrogen-bond acceptors (Lipinski definition) is 4. The molecule has 0 radical (unpaired) electrons. The van der Waals surface area contributed by atoms with Crippen LogP contribution in [0.25, 0.3) is 0 Å². The van der Waals surface area contributed by atoms with Gasteiger partial charge in [0.2, 0.25) is 0 Å². The highest BCUT2D eigenvalue weighted by molar-refractivity contribution is 5.74. The van der Waals surface area contributed by atoms with E-state index in [-0.39, 0.29) is 6.03 Å². The Kier molecular flexibility index (Phi) is 7.57. The molecule has 0 spiro atoms. The van der Waals surface area contributed by atoms with E-state index in [1.807, 2.05) is 4.90 Å². The molecule has 2 heterocycles. The van der Waals surface area contributed by atoms with Crippen molar-refractivity contribution in [1.82, 2.24) is 20.0 Å². The maximum absolute atomic E-state index is 12.3. The largest absolute Gasteiger partial charge is 0.379 e. The van der Waals surface area contributed by atoms with E-state index in [2.05, 4.69) is 21.2 Å². The number of morpholine rings is 1. The predicted octanol–water partition coefficient (Wildman–Crippen LogP) is 1.54. The molecule has 6 heteroatoms. The number of ether oxygens (including phenoxy) is 1. The molecule has 0 aromatic carbocycles. The van der Waals surface area contributed by atoms with Gasteiger partial charge < -0.3 is 15.0 Å². The quantitative estimate of drug-likeness (QED) is 0.738. The van der Waals surface area contributed by atoms with Crippen molar-refractivity contribution in [3.8, 4) is 0 Å². The van der Waals surface area contributed by atoms with Gasteiger partial charge in [0.05, 0.1) is 13.2 Å². The topological polar surface area (TPSA) is 48.1 Å². The summed E-state index contributed by atoms with van der Waals surface area (Å²) < 4.78 is 5.35. The molecule has 3 aliphatic rings. The van der Waals surface area contributed by atoms with Crippen LogP contribution in [0.2, 0.25) is 0 Å². The van der Waals surface area contributed by atoms with E-state index in [1.54, 1.807) is 5.57 Å². The molecular formula is C19H34N4O2. The first-order chi connectivity index (χ1) is 12.3. The molecule has 3 rings (SSSR count). The van der Waals surface area contributed by atoms with Gasteiger partial charge in [-0.1, -0.05) is 11.6 Å². The van der Waals surface area contributed by atoms with Gasteiger partial charge in [0, 0.05) is 58.9 Å². The Balaban J connectivity index is 1.27. The molecule has 0 bridgehead atoms. The second kappa shape index (κ2) is 10.1. The summed E-state index contributed by atoms with van der Waals surface area (Å²) in [5, 5.41) is 3.08. The fraction of sp³-hybridized carbons (Fsp3) is 0.842. The van der Waals surface area contributed by atoms with Gasteiger partial charge in [0.1, 0.15) is 0 Å². The van der Waals surface area contributed by atoms with Crippen LogP contribution < -0.4 is 5.32 Å². The van der Waals surface area contributed by atoms with Gasteiger partial charge in [-0.05, 0) is 32.1 Å². The Morgan fingerprint density at radius 1 is 1.00 bits per heavy atom. The minimum absolute atomic E-state index is 0.0999. The third kappa shape index (κ3) is 6.28. The maximum Gasteiger partial charge on any atom is 0.317 e. The van der Waals surface area contributed by atoms with Crippen molar-refractivity contribution >= 4 is 6.03 Å². The van der Waals surface area contributed by atoms with E-state index < -0.39 is 0 Å². The van der Waals surface area contributed by atoms with Crippen LogP contribution in [0.4, 0.5) is 4.79 Å².